The van der Waals surface area contributed by atoms with Crippen molar-refractivity contribution in [3.8, 4) is 5.75 Å². The molecular formula is C21H26N2O2. The van der Waals surface area contributed by atoms with Gasteiger partial charge in [0.05, 0.1) is 18.2 Å². The molecular weight excluding hydrogens is 312 g/mol. The van der Waals surface area contributed by atoms with Gasteiger partial charge in [-0.3, -0.25) is 0 Å². The zero-order valence-corrected chi connectivity index (χ0v) is 15.0. The van der Waals surface area contributed by atoms with Crippen molar-refractivity contribution in [2.45, 2.75) is 39.2 Å². The highest BCUT2D eigenvalue weighted by atomic mass is 16.5. The third kappa shape index (κ3) is 4.83. The first-order chi connectivity index (χ1) is 12.3. The van der Waals surface area contributed by atoms with Gasteiger partial charge in [-0.05, 0) is 37.6 Å². The van der Waals surface area contributed by atoms with Crippen molar-refractivity contribution in [2.24, 2.45) is 0 Å². The Morgan fingerprint density at radius 2 is 2.08 bits per heavy atom. The topological polar surface area (TPSA) is 47.3 Å². The SMILES string of the molecule is CCNCc1ccc(OCCc2nc(C3C=CC=CC3)oc2C)cc1. The second kappa shape index (κ2) is 8.67. The van der Waals surface area contributed by atoms with E-state index in [-0.39, 0.29) is 5.92 Å². The predicted octanol–water partition coefficient (Wildman–Crippen LogP) is 4.31. The molecule has 0 bridgehead atoms. The van der Waals surface area contributed by atoms with Gasteiger partial charge in [-0.25, -0.2) is 4.98 Å². The smallest absolute Gasteiger partial charge is 0.201 e. The fraction of sp³-hybridized carbons (Fsp3) is 0.381. The van der Waals surface area contributed by atoms with Gasteiger partial charge >= 0.3 is 0 Å². The van der Waals surface area contributed by atoms with Crippen molar-refractivity contribution in [3.05, 3.63) is 71.5 Å². The van der Waals surface area contributed by atoms with Gasteiger partial charge in [-0.1, -0.05) is 43.4 Å². The van der Waals surface area contributed by atoms with Crippen molar-refractivity contribution in [3.63, 3.8) is 0 Å². The van der Waals surface area contributed by atoms with Crippen LogP contribution in [0.4, 0.5) is 0 Å². The number of aryl methyl sites for hydroxylation is 1. The average molecular weight is 338 g/mol. The van der Waals surface area contributed by atoms with Crippen LogP contribution < -0.4 is 10.1 Å². The maximum atomic E-state index is 5.85. The highest BCUT2D eigenvalue weighted by Gasteiger charge is 2.17. The Balaban J connectivity index is 1.51. The molecule has 1 aliphatic rings. The number of nitrogens with one attached hydrogen (secondary N) is 1. The van der Waals surface area contributed by atoms with E-state index in [2.05, 4.69) is 53.7 Å². The van der Waals surface area contributed by atoms with Gasteiger partial charge in [0.15, 0.2) is 0 Å². The van der Waals surface area contributed by atoms with Crippen LogP contribution in [-0.2, 0) is 13.0 Å². The molecule has 1 N–H and O–H groups in total. The van der Waals surface area contributed by atoms with Gasteiger partial charge in [-0.15, -0.1) is 0 Å². The van der Waals surface area contributed by atoms with Crippen LogP contribution >= 0.6 is 0 Å². The molecule has 4 nitrogen and oxygen atoms in total. The van der Waals surface area contributed by atoms with Gasteiger partial charge in [-0.2, -0.15) is 0 Å². The number of hydrogen-bond donors (Lipinski definition) is 1. The van der Waals surface area contributed by atoms with Crippen LogP contribution in [0, 0.1) is 6.92 Å². The summed E-state index contributed by atoms with van der Waals surface area (Å²) in [6.07, 6.45) is 10.1. The molecule has 0 saturated heterocycles. The lowest BCUT2D eigenvalue weighted by Gasteiger charge is -2.07. The summed E-state index contributed by atoms with van der Waals surface area (Å²) in [4.78, 5) is 4.67. The molecule has 0 amide bonds. The molecule has 1 aromatic heterocycles. The third-order valence-corrected chi connectivity index (χ3v) is 4.32. The Kier molecular flexibility index (Phi) is 6.07. The van der Waals surface area contributed by atoms with Crippen molar-refractivity contribution >= 4 is 0 Å². The van der Waals surface area contributed by atoms with Crippen LogP contribution in [0.1, 0.15) is 42.2 Å². The van der Waals surface area contributed by atoms with Gasteiger partial charge < -0.3 is 14.5 Å². The van der Waals surface area contributed by atoms with Crippen LogP contribution in [0.5, 0.6) is 5.75 Å². The van der Waals surface area contributed by atoms with E-state index in [1.807, 2.05) is 19.1 Å². The summed E-state index contributed by atoms with van der Waals surface area (Å²) in [7, 11) is 0. The van der Waals surface area contributed by atoms with Crippen molar-refractivity contribution in [1.29, 1.82) is 0 Å². The first-order valence-corrected chi connectivity index (χ1v) is 8.98. The van der Waals surface area contributed by atoms with Crippen LogP contribution in [0.25, 0.3) is 0 Å². The highest BCUT2D eigenvalue weighted by Crippen LogP contribution is 2.26. The first kappa shape index (κ1) is 17.5. The van der Waals surface area contributed by atoms with Crippen molar-refractivity contribution in [1.82, 2.24) is 10.3 Å². The summed E-state index contributed by atoms with van der Waals surface area (Å²) in [6.45, 7) is 6.55. The van der Waals surface area contributed by atoms with Crippen LogP contribution in [0.2, 0.25) is 0 Å². The van der Waals surface area contributed by atoms with Gasteiger partial charge in [0.1, 0.15) is 11.5 Å². The molecule has 0 saturated carbocycles. The molecule has 1 heterocycles. The van der Waals surface area contributed by atoms with Crippen LogP contribution in [0.15, 0.2) is 53.0 Å². The number of nitrogens with zero attached hydrogens (tertiary/aromatic N) is 1. The fourth-order valence-corrected chi connectivity index (χ4v) is 2.84. The molecule has 25 heavy (non-hydrogen) atoms. The van der Waals surface area contributed by atoms with E-state index in [0.29, 0.717) is 6.61 Å². The number of benzene rings is 1. The summed E-state index contributed by atoms with van der Waals surface area (Å²) in [5.41, 5.74) is 2.25. The lowest BCUT2D eigenvalue weighted by Crippen LogP contribution is -2.11. The summed E-state index contributed by atoms with van der Waals surface area (Å²) < 4.78 is 11.7. The van der Waals surface area contributed by atoms with Gasteiger partial charge in [0, 0.05) is 13.0 Å². The van der Waals surface area contributed by atoms with E-state index < -0.39 is 0 Å². The monoisotopic (exact) mass is 338 g/mol. The molecule has 1 aliphatic carbocycles. The zero-order chi connectivity index (χ0) is 17.5. The lowest BCUT2D eigenvalue weighted by molar-refractivity contribution is 0.320. The van der Waals surface area contributed by atoms with E-state index in [0.717, 1.165) is 49.0 Å². The number of rotatable bonds is 8. The minimum atomic E-state index is 0.252. The Morgan fingerprint density at radius 1 is 1.24 bits per heavy atom. The molecule has 0 spiro atoms. The molecule has 132 valence electrons. The molecule has 2 aromatic rings. The van der Waals surface area contributed by atoms with Crippen molar-refractivity contribution in [2.75, 3.05) is 13.2 Å². The maximum Gasteiger partial charge on any atom is 0.201 e. The normalized spacial score (nSPS) is 16.3. The van der Waals surface area contributed by atoms with E-state index >= 15 is 0 Å². The Hall–Kier alpha value is -2.33. The third-order valence-electron chi connectivity index (χ3n) is 4.32. The molecule has 1 aromatic carbocycles. The maximum absolute atomic E-state index is 5.85. The molecule has 0 radical (unpaired) electrons. The van der Waals surface area contributed by atoms with Crippen LogP contribution in [-0.4, -0.2) is 18.1 Å². The fourth-order valence-electron chi connectivity index (χ4n) is 2.84. The summed E-state index contributed by atoms with van der Waals surface area (Å²) in [5.74, 6) is 2.84. The summed E-state index contributed by atoms with van der Waals surface area (Å²) >= 11 is 0. The largest absolute Gasteiger partial charge is 0.493 e. The van der Waals surface area contributed by atoms with Crippen LogP contribution in [0.3, 0.4) is 0 Å². The standard InChI is InChI=1S/C21H26N2O2/c1-3-22-15-17-9-11-19(12-10-17)24-14-13-20-16(2)25-21(23-20)18-7-5-4-6-8-18/h4-7,9-12,18,22H,3,8,13-15H2,1-2H3. The predicted molar refractivity (Wildman–Crippen MR) is 99.9 cm³/mol. The van der Waals surface area contributed by atoms with E-state index in [9.17, 15) is 0 Å². The molecule has 1 unspecified atom stereocenters. The first-order valence-electron chi connectivity index (χ1n) is 8.98. The molecule has 4 heteroatoms. The Labute approximate surface area is 149 Å². The second-order valence-corrected chi connectivity index (χ2v) is 6.23. The molecule has 1 atom stereocenters. The summed E-state index contributed by atoms with van der Waals surface area (Å²) in [6, 6.07) is 8.24. The van der Waals surface area contributed by atoms with Gasteiger partial charge in [0.2, 0.25) is 5.89 Å². The summed E-state index contributed by atoms with van der Waals surface area (Å²) in [5, 5.41) is 3.32. The number of hydrogen-bond acceptors (Lipinski definition) is 4. The minimum Gasteiger partial charge on any atom is -0.493 e. The second-order valence-electron chi connectivity index (χ2n) is 6.23. The molecule has 3 rings (SSSR count). The Bertz CT molecular complexity index is 729. The molecule has 0 fully saturated rings. The van der Waals surface area contributed by atoms with E-state index in [1.165, 1.54) is 5.56 Å². The number of ether oxygens (including phenoxy) is 1. The number of allylic oxidation sites excluding steroid dienone is 4. The Morgan fingerprint density at radius 3 is 2.80 bits per heavy atom. The lowest BCUT2D eigenvalue weighted by atomic mass is 10.0. The number of aromatic nitrogens is 1. The number of oxazole rings is 1. The quantitative estimate of drug-likeness (QED) is 0.779. The molecule has 0 aliphatic heterocycles. The van der Waals surface area contributed by atoms with Gasteiger partial charge in [0.25, 0.3) is 0 Å². The van der Waals surface area contributed by atoms with E-state index in [4.69, 9.17) is 9.15 Å². The zero-order valence-electron chi connectivity index (χ0n) is 15.0. The average Bonchev–Trinajstić information content (AvgIpc) is 3.03. The minimum absolute atomic E-state index is 0.252. The van der Waals surface area contributed by atoms with E-state index in [1.54, 1.807) is 0 Å². The van der Waals surface area contributed by atoms with Crippen molar-refractivity contribution < 1.29 is 9.15 Å². The highest BCUT2D eigenvalue weighted by molar-refractivity contribution is 5.27.